The number of hydrogen-bond acceptors (Lipinski definition) is 2. The number of allylic oxidation sites excluding steroid dienone is 2. The molecule has 2 aliphatic rings. The van der Waals surface area contributed by atoms with Gasteiger partial charge in [-0.1, -0.05) is 44.2 Å². The zero-order valence-corrected chi connectivity index (χ0v) is 16.8. The van der Waals surface area contributed by atoms with Crippen molar-refractivity contribution in [3.63, 3.8) is 0 Å². The number of hydrogen-bond donors (Lipinski definition) is 0. The molecule has 0 spiro atoms. The van der Waals surface area contributed by atoms with Gasteiger partial charge in [-0.3, -0.25) is 14.5 Å². The summed E-state index contributed by atoms with van der Waals surface area (Å²) in [5.74, 6) is -0.546. The summed E-state index contributed by atoms with van der Waals surface area (Å²) in [5.41, 5.74) is 1.38. The van der Waals surface area contributed by atoms with E-state index in [9.17, 15) is 22.8 Å². The minimum Gasteiger partial charge on any atom is -0.294 e. The van der Waals surface area contributed by atoms with E-state index in [-0.39, 0.29) is 29.4 Å². The maximum atomic E-state index is 13.2. The van der Waals surface area contributed by atoms with Crippen molar-refractivity contribution in [2.24, 2.45) is 5.41 Å². The van der Waals surface area contributed by atoms with E-state index in [0.717, 1.165) is 17.7 Å². The lowest BCUT2D eigenvalue weighted by molar-refractivity contribution is -0.137. The number of amides is 1. The zero-order chi connectivity index (χ0) is 21.7. The summed E-state index contributed by atoms with van der Waals surface area (Å²) in [6.45, 7) is 3.94. The Hall–Kier alpha value is -2.89. The zero-order valence-electron chi connectivity index (χ0n) is 16.8. The van der Waals surface area contributed by atoms with E-state index in [1.54, 1.807) is 0 Å². The molecule has 0 saturated carbocycles. The van der Waals surface area contributed by atoms with Gasteiger partial charge in [-0.2, -0.15) is 13.2 Å². The SMILES string of the molecule is CC1(C)CC(=O)C2=C(C1)N(c1ccc(C(F)(F)F)cc1)C(=O)C[C@@H]2c1ccccc1. The van der Waals surface area contributed by atoms with Crippen LogP contribution >= 0.6 is 0 Å². The molecule has 0 unspecified atom stereocenters. The number of carbonyl (C=O) groups excluding carboxylic acids is 2. The van der Waals surface area contributed by atoms with Crippen LogP contribution < -0.4 is 4.90 Å². The summed E-state index contributed by atoms with van der Waals surface area (Å²) >= 11 is 0. The monoisotopic (exact) mass is 413 g/mol. The molecular weight excluding hydrogens is 391 g/mol. The molecule has 3 nitrogen and oxygen atoms in total. The molecule has 2 aromatic rings. The second kappa shape index (κ2) is 7.11. The number of halogens is 3. The third kappa shape index (κ3) is 3.66. The summed E-state index contributed by atoms with van der Waals surface area (Å²) in [4.78, 5) is 27.8. The van der Waals surface area contributed by atoms with Crippen LogP contribution in [-0.4, -0.2) is 11.7 Å². The van der Waals surface area contributed by atoms with Crippen LogP contribution in [0.1, 0.15) is 50.2 Å². The second-order valence-electron chi connectivity index (χ2n) is 8.74. The molecule has 30 heavy (non-hydrogen) atoms. The smallest absolute Gasteiger partial charge is 0.294 e. The Kier molecular flexibility index (Phi) is 4.83. The Bertz CT molecular complexity index is 1020. The molecule has 1 aliphatic heterocycles. The molecule has 6 heteroatoms. The van der Waals surface area contributed by atoms with E-state index in [4.69, 9.17) is 0 Å². The number of ketones is 1. The van der Waals surface area contributed by atoms with Gasteiger partial charge >= 0.3 is 6.18 Å². The van der Waals surface area contributed by atoms with E-state index < -0.39 is 11.7 Å². The number of alkyl halides is 3. The maximum Gasteiger partial charge on any atom is 0.416 e. The fourth-order valence-corrected chi connectivity index (χ4v) is 4.48. The first-order chi connectivity index (χ1) is 14.1. The van der Waals surface area contributed by atoms with Gasteiger partial charge in [0.05, 0.1) is 5.56 Å². The molecule has 0 aromatic heterocycles. The summed E-state index contributed by atoms with van der Waals surface area (Å²) in [6, 6.07) is 14.0. The molecule has 2 aromatic carbocycles. The van der Waals surface area contributed by atoms with Gasteiger partial charge in [-0.15, -0.1) is 0 Å². The Morgan fingerprint density at radius 3 is 2.17 bits per heavy atom. The highest BCUT2D eigenvalue weighted by atomic mass is 19.4. The van der Waals surface area contributed by atoms with Gasteiger partial charge in [0.15, 0.2) is 5.78 Å². The van der Waals surface area contributed by atoms with Gasteiger partial charge in [0, 0.05) is 35.7 Å². The molecule has 0 saturated heterocycles. The predicted molar refractivity (Wildman–Crippen MR) is 108 cm³/mol. The molecule has 4 rings (SSSR count). The molecule has 1 atom stereocenters. The van der Waals surface area contributed by atoms with Crippen molar-refractivity contribution in [3.05, 3.63) is 77.0 Å². The van der Waals surface area contributed by atoms with Crippen LogP contribution in [0.3, 0.4) is 0 Å². The fourth-order valence-electron chi connectivity index (χ4n) is 4.48. The third-order valence-electron chi connectivity index (χ3n) is 5.80. The molecule has 0 N–H and O–H groups in total. The predicted octanol–water partition coefficient (Wildman–Crippen LogP) is 5.87. The van der Waals surface area contributed by atoms with Gasteiger partial charge in [0.25, 0.3) is 0 Å². The largest absolute Gasteiger partial charge is 0.416 e. The summed E-state index contributed by atoms with van der Waals surface area (Å²) in [5, 5.41) is 0. The van der Waals surface area contributed by atoms with Crippen LogP contribution in [0.25, 0.3) is 0 Å². The molecule has 1 amide bonds. The molecule has 0 bridgehead atoms. The van der Waals surface area contributed by atoms with Crippen LogP contribution in [0.2, 0.25) is 0 Å². The standard InChI is InChI=1S/C24H22F3NO2/c1-23(2)13-19-22(20(29)14-23)18(15-6-4-3-5-7-15)12-21(30)28(19)17-10-8-16(9-11-17)24(25,26)27/h3-11,18H,12-14H2,1-2H3/t18-/m1/s1. The molecule has 0 fully saturated rings. The summed E-state index contributed by atoms with van der Waals surface area (Å²) in [6.07, 6.45) is -3.46. The number of carbonyl (C=O) groups is 2. The Morgan fingerprint density at radius 2 is 1.57 bits per heavy atom. The van der Waals surface area contributed by atoms with Gasteiger partial charge in [0.1, 0.15) is 0 Å². The average molecular weight is 413 g/mol. The number of nitrogens with zero attached hydrogens (tertiary/aromatic N) is 1. The number of anilines is 1. The maximum absolute atomic E-state index is 13.2. The highest BCUT2D eigenvalue weighted by Gasteiger charge is 2.44. The normalized spacial score (nSPS) is 21.6. The number of benzene rings is 2. The van der Waals surface area contributed by atoms with E-state index in [1.165, 1.54) is 17.0 Å². The second-order valence-corrected chi connectivity index (χ2v) is 8.74. The van der Waals surface area contributed by atoms with E-state index in [0.29, 0.717) is 29.8 Å². The van der Waals surface area contributed by atoms with E-state index in [2.05, 4.69) is 0 Å². The van der Waals surface area contributed by atoms with Crippen molar-refractivity contribution in [1.82, 2.24) is 0 Å². The van der Waals surface area contributed by atoms with Crippen LogP contribution in [0, 0.1) is 5.41 Å². The van der Waals surface area contributed by atoms with E-state index in [1.807, 2.05) is 44.2 Å². The Labute approximate surface area is 173 Å². The van der Waals surface area contributed by atoms with Crippen molar-refractivity contribution in [1.29, 1.82) is 0 Å². The summed E-state index contributed by atoms with van der Waals surface area (Å²) in [7, 11) is 0. The highest BCUT2D eigenvalue weighted by Crippen LogP contribution is 2.48. The van der Waals surface area contributed by atoms with Crippen LogP contribution in [-0.2, 0) is 15.8 Å². The van der Waals surface area contributed by atoms with Crippen LogP contribution in [0.5, 0.6) is 0 Å². The number of Topliss-reactive ketones (excluding diaryl/α,β-unsaturated/α-hetero) is 1. The Morgan fingerprint density at radius 1 is 0.933 bits per heavy atom. The minimum atomic E-state index is -4.45. The van der Waals surface area contributed by atoms with Crippen molar-refractivity contribution in [2.75, 3.05) is 4.90 Å². The van der Waals surface area contributed by atoms with Crippen molar-refractivity contribution < 1.29 is 22.8 Å². The molecule has 0 radical (unpaired) electrons. The quantitative estimate of drug-likeness (QED) is 0.618. The van der Waals surface area contributed by atoms with Crippen molar-refractivity contribution in [3.8, 4) is 0 Å². The van der Waals surface area contributed by atoms with Gasteiger partial charge in [0.2, 0.25) is 5.91 Å². The summed E-state index contributed by atoms with van der Waals surface area (Å²) < 4.78 is 38.9. The third-order valence-corrected chi connectivity index (χ3v) is 5.80. The van der Waals surface area contributed by atoms with Crippen LogP contribution in [0.4, 0.5) is 18.9 Å². The first-order valence-corrected chi connectivity index (χ1v) is 9.88. The highest BCUT2D eigenvalue weighted by molar-refractivity contribution is 6.07. The molecule has 1 aliphatic carbocycles. The molecule has 156 valence electrons. The average Bonchev–Trinajstić information content (AvgIpc) is 2.66. The lowest BCUT2D eigenvalue weighted by atomic mass is 9.69. The van der Waals surface area contributed by atoms with Crippen molar-refractivity contribution >= 4 is 17.4 Å². The minimum absolute atomic E-state index is 0.000449. The van der Waals surface area contributed by atoms with Gasteiger partial charge in [-0.25, -0.2) is 0 Å². The van der Waals surface area contributed by atoms with E-state index >= 15 is 0 Å². The van der Waals surface area contributed by atoms with Gasteiger partial charge in [-0.05, 0) is 41.7 Å². The fraction of sp³-hybridized carbons (Fsp3) is 0.333. The number of rotatable bonds is 2. The lowest BCUT2D eigenvalue weighted by Crippen LogP contribution is -2.43. The molecule has 1 heterocycles. The lowest BCUT2D eigenvalue weighted by Gasteiger charge is -2.43. The Balaban J connectivity index is 1.84. The first-order valence-electron chi connectivity index (χ1n) is 9.88. The first kappa shape index (κ1) is 20.4. The van der Waals surface area contributed by atoms with Crippen LogP contribution in [0.15, 0.2) is 65.9 Å². The van der Waals surface area contributed by atoms with Gasteiger partial charge < -0.3 is 0 Å². The topological polar surface area (TPSA) is 37.4 Å². The van der Waals surface area contributed by atoms with Crippen molar-refractivity contribution in [2.45, 2.75) is 45.2 Å². The molecular formula is C24H22F3NO2.